The summed E-state index contributed by atoms with van der Waals surface area (Å²) >= 11 is 0. The molecular formula is C72H138O6. The van der Waals surface area contributed by atoms with E-state index in [-0.39, 0.29) is 31.1 Å². The smallest absolute Gasteiger partial charge is 0.306 e. The number of hydrogen-bond donors (Lipinski definition) is 0. The van der Waals surface area contributed by atoms with Gasteiger partial charge in [0.25, 0.3) is 0 Å². The lowest BCUT2D eigenvalue weighted by Gasteiger charge is -2.18. The zero-order valence-electron chi connectivity index (χ0n) is 53.2. The zero-order valence-corrected chi connectivity index (χ0v) is 53.2. The summed E-state index contributed by atoms with van der Waals surface area (Å²) in [6.07, 6.45) is 81.0. The summed E-state index contributed by atoms with van der Waals surface area (Å²) in [5.74, 6) is -0.824. The number of carbonyl (C=O) groups excluding carboxylic acids is 3. The van der Waals surface area contributed by atoms with Crippen LogP contribution in [0, 0.1) is 0 Å². The lowest BCUT2D eigenvalue weighted by atomic mass is 10.0. The highest BCUT2D eigenvalue weighted by Crippen LogP contribution is 2.19. The molecule has 0 radical (unpaired) electrons. The van der Waals surface area contributed by atoms with Gasteiger partial charge in [0.2, 0.25) is 0 Å². The molecule has 0 aliphatic heterocycles. The van der Waals surface area contributed by atoms with E-state index < -0.39 is 6.10 Å². The second kappa shape index (κ2) is 67.7. The van der Waals surface area contributed by atoms with Crippen molar-refractivity contribution in [3.05, 3.63) is 12.2 Å². The number of ether oxygens (including phenoxy) is 3. The van der Waals surface area contributed by atoms with E-state index in [4.69, 9.17) is 14.2 Å². The molecule has 0 aliphatic carbocycles. The summed E-state index contributed by atoms with van der Waals surface area (Å²) in [6.45, 7) is 6.73. The standard InChI is InChI=1S/C72H138O6/c1-4-7-10-13-16-19-22-25-28-30-32-33-34-35-36-37-38-39-40-42-44-47-50-53-56-59-62-65-71(74)77-68-69(67-76-70(73)64-61-58-55-52-49-46-43-27-24-21-18-15-12-9-6-3)78-72(75)66-63-60-57-54-51-48-45-41-31-29-26-23-20-17-14-11-8-5-2/h30,32,69H,4-29,31,33-68H2,1-3H3/b32-30-. The van der Waals surface area contributed by atoms with Crippen molar-refractivity contribution in [1.82, 2.24) is 0 Å². The second-order valence-corrected chi connectivity index (χ2v) is 24.5. The topological polar surface area (TPSA) is 78.9 Å². The van der Waals surface area contributed by atoms with Crippen molar-refractivity contribution >= 4 is 17.9 Å². The van der Waals surface area contributed by atoms with Crippen LogP contribution in [-0.4, -0.2) is 37.2 Å². The maximum absolute atomic E-state index is 12.9. The van der Waals surface area contributed by atoms with Gasteiger partial charge in [0, 0.05) is 19.3 Å². The average Bonchev–Trinajstić information content (AvgIpc) is 3.44. The normalized spacial score (nSPS) is 12.0. The third kappa shape index (κ3) is 65.0. The van der Waals surface area contributed by atoms with Crippen LogP contribution in [0.2, 0.25) is 0 Å². The van der Waals surface area contributed by atoms with E-state index in [2.05, 4.69) is 32.9 Å². The highest BCUT2D eigenvalue weighted by Gasteiger charge is 2.19. The fourth-order valence-corrected chi connectivity index (χ4v) is 11.2. The van der Waals surface area contributed by atoms with E-state index in [0.717, 1.165) is 57.8 Å². The molecule has 0 heterocycles. The molecule has 6 heteroatoms. The van der Waals surface area contributed by atoms with Crippen molar-refractivity contribution in [1.29, 1.82) is 0 Å². The summed E-state index contributed by atoms with van der Waals surface area (Å²) < 4.78 is 17.0. The van der Waals surface area contributed by atoms with Gasteiger partial charge in [0.1, 0.15) is 13.2 Å². The van der Waals surface area contributed by atoms with Gasteiger partial charge in [-0.3, -0.25) is 14.4 Å². The SMILES string of the molecule is CCCCCCCCCC/C=C\CCCCCCCCCCCCCCCCCC(=O)OCC(COC(=O)CCCCCCCCCCCCCCCCC)OC(=O)CCCCCCCCCCCCCCCCCCCC. The monoisotopic (exact) mass is 1100 g/mol. The molecule has 0 rings (SSSR count). The van der Waals surface area contributed by atoms with Crippen LogP contribution in [-0.2, 0) is 28.6 Å². The number of esters is 3. The Kier molecular flexibility index (Phi) is 66.0. The Morgan fingerprint density at radius 3 is 0.641 bits per heavy atom. The van der Waals surface area contributed by atoms with Crippen LogP contribution < -0.4 is 0 Å². The van der Waals surface area contributed by atoms with Crippen molar-refractivity contribution in [2.24, 2.45) is 0 Å². The molecule has 0 saturated carbocycles. The Morgan fingerprint density at radius 2 is 0.423 bits per heavy atom. The summed E-state index contributed by atoms with van der Waals surface area (Å²) in [6, 6.07) is 0. The molecule has 462 valence electrons. The molecule has 1 atom stereocenters. The third-order valence-electron chi connectivity index (χ3n) is 16.5. The summed E-state index contributed by atoms with van der Waals surface area (Å²) in [7, 11) is 0. The third-order valence-corrected chi connectivity index (χ3v) is 16.5. The number of unbranched alkanes of at least 4 members (excludes halogenated alkanes) is 54. The van der Waals surface area contributed by atoms with Gasteiger partial charge in [-0.25, -0.2) is 0 Å². The molecular weight excluding hydrogens is 961 g/mol. The van der Waals surface area contributed by atoms with Gasteiger partial charge >= 0.3 is 17.9 Å². The van der Waals surface area contributed by atoms with E-state index in [0.29, 0.717) is 19.3 Å². The Balaban J connectivity index is 4.20. The molecule has 1 unspecified atom stereocenters. The minimum Gasteiger partial charge on any atom is -0.462 e. The first kappa shape index (κ1) is 76.1. The highest BCUT2D eigenvalue weighted by atomic mass is 16.6. The van der Waals surface area contributed by atoms with Crippen molar-refractivity contribution in [2.45, 2.75) is 419 Å². The van der Waals surface area contributed by atoms with Crippen LogP contribution in [0.15, 0.2) is 12.2 Å². The molecule has 0 bridgehead atoms. The van der Waals surface area contributed by atoms with Gasteiger partial charge in [-0.1, -0.05) is 360 Å². The van der Waals surface area contributed by atoms with Crippen LogP contribution in [0.1, 0.15) is 412 Å². The van der Waals surface area contributed by atoms with Crippen molar-refractivity contribution in [3.63, 3.8) is 0 Å². The molecule has 0 aliphatic rings. The molecule has 0 spiro atoms. The minimum atomic E-state index is -0.765. The first-order valence-corrected chi connectivity index (χ1v) is 35.7. The molecule has 0 fully saturated rings. The largest absolute Gasteiger partial charge is 0.462 e. The number of carbonyl (C=O) groups is 3. The van der Waals surface area contributed by atoms with E-state index in [1.807, 2.05) is 0 Å². The Bertz CT molecular complexity index is 1210. The molecule has 0 aromatic heterocycles. The zero-order chi connectivity index (χ0) is 56.4. The molecule has 0 aromatic carbocycles. The molecule has 6 nitrogen and oxygen atoms in total. The van der Waals surface area contributed by atoms with Crippen LogP contribution in [0.3, 0.4) is 0 Å². The van der Waals surface area contributed by atoms with Gasteiger partial charge in [-0.2, -0.15) is 0 Å². The van der Waals surface area contributed by atoms with Gasteiger partial charge < -0.3 is 14.2 Å². The number of hydrogen-bond acceptors (Lipinski definition) is 6. The van der Waals surface area contributed by atoms with Crippen molar-refractivity contribution in [3.8, 4) is 0 Å². The van der Waals surface area contributed by atoms with E-state index >= 15 is 0 Å². The Morgan fingerprint density at radius 1 is 0.244 bits per heavy atom. The molecule has 78 heavy (non-hydrogen) atoms. The fourth-order valence-electron chi connectivity index (χ4n) is 11.2. The molecule has 0 aromatic rings. The first-order chi connectivity index (χ1) is 38.5. The summed E-state index contributed by atoms with van der Waals surface area (Å²) in [5, 5.41) is 0. The van der Waals surface area contributed by atoms with Crippen molar-refractivity contribution < 1.29 is 28.6 Å². The van der Waals surface area contributed by atoms with Crippen LogP contribution >= 0.6 is 0 Å². The number of rotatable bonds is 67. The lowest BCUT2D eigenvalue weighted by molar-refractivity contribution is -0.167. The van der Waals surface area contributed by atoms with Gasteiger partial charge in [-0.15, -0.1) is 0 Å². The molecule has 0 amide bonds. The van der Waals surface area contributed by atoms with Gasteiger partial charge in [-0.05, 0) is 44.9 Å². The quantitative estimate of drug-likeness (QED) is 0.0261. The highest BCUT2D eigenvalue weighted by molar-refractivity contribution is 5.71. The van der Waals surface area contributed by atoms with E-state index in [1.165, 1.54) is 315 Å². The first-order valence-electron chi connectivity index (χ1n) is 35.7. The van der Waals surface area contributed by atoms with Crippen LogP contribution in [0.4, 0.5) is 0 Å². The number of allylic oxidation sites excluding steroid dienone is 2. The predicted molar refractivity (Wildman–Crippen MR) is 340 cm³/mol. The average molecular weight is 1100 g/mol. The molecule has 0 N–H and O–H groups in total. The lowest BCUT2D eigenvalue weighted by Crippen LogP contribution is -2.30. The van der Waals surface area contributed by atoms with Crippen molar-refractivity contribution in [2.75, 3.05) is 13.2 Å². The van der Waals surface area contributed by atoms with Gasteiger partial charge in [0.15, 0.2) is 6.10 Å². The maximum atomic E-state index is 12.9. The Labute approximate surface area is 488 Å². The Hall–Kier alpha value is -1.85. The summed E-state index contributed by atoms with van der Waals surface area (Å²) in [5.41, 5.74) is 0. The van der Waals surface area contributed by atoms with Gasteiger partial charge in [0.05, 0.1) is 0 Å². The predicted octanol–water partition coefficient (Wildman–Crippen LogP) is 24.4. The summed E-state index contributed by atoms with van der Waals surface area (Å²) in [4.78, 5) is 38.4. The fraction of sp³-hybridized carbons (Fsp3) is 0.931. The van der Waals surface area contributed by atoms with E-state index in [1.54, 1.807) is 0 Å². The maximum Gasteiger partial charge on any atom is 0.306 e. The van der Waals surface area contributed by atoms with Crippen LogP contribution in [0.25, 0.3) is 0 Å². The van der Waals surface area contributed by atoms with Crippen LogP contribution in [0.5, 0.6) is 0 Å². The molecule has 0 saturated heterocycles. The van der Waals surface area contributed by atoms with E-state index in [9.17, 15) is 14.4 Å². The second-order valence-electron chi connectivity index (χ2n) is 24.5. The minimum absolute atomic E-state index is 0.0620.